The molecule has 1 heterocycles. The number of Topliss-reactive ketones (excluding diaryl/α,β-unsaturated/α-hetero) is 1. The van der Waals surface area contributed by atoms with E-state index < -0.39 is 11.0 Å². The number of rotatable bonds is 8. The van der Waals surface area contributed by atoms with Crippen molar-refractivity contribution in [2.75, 3.05) is 5.75 Å². The smallest absolute Gasteiger partial charge is 0.270 e. The minimum absolute atomic E-state index is 0.0535. The Balaban J connectivity index is 1.63. The van der Waals surface area contributed by atoms with Gasteiger partial charge in [0.1, 0.15) is 0 Å². The minimum Gasteiger partial charge on any atom is -0.342 e. The standard InChI is InChI=1S/C20H19N5O4S/c1-13(21-19(27)14-7-4-3-5-8-14)18-22-23-20(24(18)2)30-12-17(26)15-9-6-10-16(11-15)25(28)29/h3-11,13H,12H2,1-2H3,(H,21,27)/t13-/m0/s1. The number of nitro groups is 1. The van der Waals surface area contributed by atoms with Crippen LogP contribution in [-0.4, -0.2) is 37.1 Å². The van der Waals surface area contributed by atoms with Crippen molar-refractivity contribution in [3.63, 3.8) is 0 Å². The third kappa shape index (κ3) is 4.90. The Morgan fingerprint density at radius 1 is 1.13 bits per heavy atom. The predicted octanol–water partition coefficient (Wildman–Crippen LogP) is 3.19. The van der Waals surface area contributed by atoms with E-state index in [-0.39, 0.29) is 28.7 Å². The van der Waals surface area contributed by atoms with Gasteiger partial charge in [-0.2, -0.15) is 0 Å². The van der Waals surface area contributed by atoms with Gasteiger partial charge in [0.25, 0.3) is 11.6 Å². The number of amides is 1. The zero-order valence-corrected chi connectivity index (χ0v) is 17.1. The highest BCUT2D eigenvalue weighted by Gasteiger charge is 2.19. The summed E-state index contributed by atoms with van der Waals surface area (Å²) in [6.07, 6.45) is 0. The lowest BCUT2D eigenvalue weighted by Crippen LogP contribution is -2.28. The highest BCUT2D eigenvalue weighted by Crippen LogP contribution is 2.21. The van der Waals surface area contributed by atoms with Gasteiger partial charge >= 0.3 is 0 Å². The first kappa shape index (κ1) is 21.2. The van der Waals surface area contributed by atoms with Gasteiger partial charge in [-0.3, -0.25) is 19.7 Å². The molecule has 10 heteroatoms. The van der Waals surface area contributed by atoms with Crippen molar-refractivity contribution in [2.24, 2.45) is 7.05 Å². The lowest BCUT2D eigenvalue weighted by Gasteiger charge is -2.13. The van der Waals surface area contributed by atoms with Crippen molar-refractivity contribution in [1.82, 2.24) is 20.1 Å². The first-order valence-corrected chi connectivity index (χ1v) is 10.0. The SMILES string of the molecule is C[C@H](NC(=O)c1ccccc1)c1nnc(SCC(=O)c2cccc([N+](=O)[O-])c2)n1C. The molecule has 1 N–H and O–H groups in total. The number of hydrogen-bond acceptors (Lipinski definition) is 7. The number of non-ortho nitro benzene ring substituents is 1. The second kappa shape index (κ2) is 9.31. The summed E-state index contributed by atoms with van der Waals surface area (Å²) in [5, 5.41) is 22.5. The summed E-state index contributed by atoms with van der Waals surface area (Å²) in [5.74, 6) is 0.127. The molecule has 0 fully saturated rings. The maximum atomic E-state index is 12.4. The van der Waals surface area contributed by atoms with Crippen LogP contribution in [0.15, 0.2) is 59.8 Å². The van der Waals surface area contributed by atoms with Gasteiger partial charge in [0.2, 0.25) is 0 Å². The van der Waals surface area contributed by atoms with Gasteiger partial charge in [-0.15, -0.1) is 10.2 Å². The van der Waals surface area contributed by atoms with E-state index in [2.05, 4.69) is 15.5 Å². The molecule has 1 amide bonds. The van der Waals surface area contributed by atoms with Crippen LogP contribution >= 0.6 is 11.8 Å². The molecule has 3 rings (SSSR count). The molecule has 0 spiro atoms. The number of aromatic nitrogens is 3. The van der Waals surface area contributed by atoms with Crippen LogP contribution in [0.4, 0.5) is 5.69 Å². The van der Waals surface area contributed by atoms with Crippen LogP contribution in [0, 0.1) is 10.1 Å². The molecular weight excluding hydrogens is 406 g/mol. The average molecular weight is 425 g/mol. The third-order valence-corrected chi connectivity index (χ3v) is 5.37. The lowest BCUT2D eigenvalue weighted by atomic mass is 10.1. The molecule has 1 aromatic heterocycles. The lowest BCUT2D eigenvalue weighted by molar-refractivity contribution is -0.384. The molecule has 0 aliphatic carbocycles. The number of benzene rings is 2. The quantitative estimate of drug-likeness (QED) is 0.255. The monoisotopic (exact) mass is 425 g/mol. The fourth-order valence-corrected chi connectivity index (χ4v) is 3.58. The van der Waals surface area contributed by atoms with Gasteiger partial charge in [0, 0.05) is 30.3 Å². The molecular formula is C20H19N5O4S. The molecule has 30 heavy (non-hydrogen) atoms. The van der Waals surface area contributed by atoms with Gasteiger partial charge in [0.15, 0.2) is 16.8 Å². The summed E-state index contributed by atoms with van der Waals surface area (Å²) >= 11 is 1.17. The van der Waals surface area contributed by atoms with Gasteiger partial charge in [0.05, 0.1) is 16.7 Å². The van der Waals surface area contributed by atoms with E-state index in [1.54, 1.807) is 48.9 Å². The number of hydrogen-bond donors (Lipinski definition) is 1. The van der Waals surface area contributed by atoms with Crippen LogP contribution in [0.5, 0.6) is 0 Å². The number of ketones is 1. The molecule has 0 bridgehead atoms. The maximum absolute atomic E-state index is 12.4. The van der Waals surface area contributed by atoms with Crippen LogP contribution in [0.2, 0.25) is 0 Å². The molecule has 9 nitrogen and oxygen atoms in total. The van der Waals surface area contributed by atoms with E-state index in [1.165, 1.54) is 30.0 Å². The zero-order chi connectivity index (χ0) is 21.7. The van der Waals surface area contributed by atoms with Crippen LogP contribution in [0.3, 0.4) is 0 Å². The second-order valence-corrected chi connectivity index (χ2v) is 7.42. The summed E-state index contributed by atoms with van der Waals surface area (Å²) in [5.41, 5.74) is 0.682. The number of nitro benzene ring substituents is 1. The summed E-state index contributed by atoms with van der Waals surface area (Å²) < 4.78 is 1.71. The van der Waals surface area contributed by atoms with E-state index in [4.69, 9.17) is 0 Å². The molecule has 0 saturated carbocycles. The Morgan fingerprint density at radius 3 is 2.53 bits per heavy atom. The van der Waals surface area contributed by atoms with E-state index >= 15 is 0 Å². The molecule has 3 aromatic rings. The number of thioether (sulfide) groups is 1. The Hall–Kier alpha value is -3.53. The molecule has 0 saturated heterocycles. The molecule has 0 radical (unpaired) electrons. The van der Waals surface area contributed by atoms with Crippen LogP contribution < -0.4 is 5.32 Å². The summed E-state index contributed by atoms with van der Waals surface area (Å²) in [4.78, 5) is 35.0. The van der Waals surface area contributed by atoms with Crippen molar-refractivity contribution < 1.29 is 14.5 Å². The molecule has 0 aliphatic heterocycles. The number of nitrogens with one attached hydrogen (secondary N) is 1. The highest BCUT2D eigenvalue weighted by atomic mass is 32.2. The largest absolute Gasteiger partial charge is 0.342 e. The summed E-state index contributed by atoms with van der Waals surface area (Å²) in [6, 6.07) is 14.1. The molecule has 154 valence electrons. The fourth-order valence-electron chi connectivity index (χ4n) is 2.77. The maximum Gasteiger partial charge on any atom is 0.270 e. The minimum atomic E-state index is -0.538. The molecule has 0 aliphatic rings. The van der Waals surface area contributed by atoms with Gasteiger partial charge in [-0.1, -0.05) is 42.1 Å². The predicted molar refractivity (Wildman–Crippen MR) is 111 cm³/mol. The summed E-state index contributed by atoms with van der Waals surface area (Å²) in [6.45, 7) is 1.80. The second-order valence-electron chi connectivity index (χ2n) is 6.48. The molecule has 2 aromatic carbocycles. The summed E-state index contributed by atoms with van der Waals surface area (Å²) in [7, 11) is 1.75. The fraction of sp³-hybridized carbons (Fsp3) is 0.200. The van der Waals surface area contributed by atoms with E-state index in [0.29, 0.717) is 16.5 Å². The Bertz CT molecular complexity index is 1080. The van der Waals surface area contributed by atoms with Crippen molar-refractivity contribution in [3.05, 3.63) is 81.7 Å². The highest BCUT2D eigenvalue weighted by molar-refractivity contribution is 7.99. The van der Waals surface area contributed by atoms with Crippen LogP contribution in [0.1, 0.15) is 39.5 Å². The van der Waals surface area contributed by atoms with Gasteiger partial charge in [-0.25, -0.2) is 0 Å². The number of carbonyl (C=O) groups excluding carboxylic acids is 2. The zero-order valence-electron chi connectivity index (χ0n) is 16.3. The number of carbonyl (C=O) groups is 2. The Morgan fingerprint density at radius 2 is 1.83 bits per heavy atom. The molecule has 0 unspecified atom stereocenters. The van der Waals surface area contributed by atoms with Gasteiger partial charge in [-0.05, 0) is 19.1 Å². The normalized spacial score (nSPS) is 11.7. The van der Waals surface area contributed by atoms with Crippen molar-refractivity contribution in [2.45, 2.75) is 18.1 Å². The first-order valence-electron chi connectivity index (χ1n) is 9.02. The first-order chi connectivity index (χ1) is 14.4. The van der Waals surface area contributed by atoms with Crippen molar-refractivity contribution in [3.8, 4) is 0 Å². The van der Waals surface area contributed by atoms with Crippen LogP contribution in [-0.2, 0) is 7.05 Å². The van der Waals surface area contributed by atoms with Gasteiger partial charge < -0.3 is 9.88 Å². The van der Waals surface area contributed by atoms with Crippen LogP contribution in [0.25, 0.3) is 0 Å². The molecule has 1 atom stereocenters. The topological polar surface area (TPSA) is 120 Å². The van der Waals surface area contributed by atoms with Crippen molar-refractivity contribution >= 4 is 29.1 Å². The van der Waals surface area contributed by atoms with E-state index in [1.807, 2.05) is 6.07 Å². The Labute approximate surface area is 176 Å². The average Bonchev–Trinajstić information content (AvgIpc) is 3.13. The Kier molecular flexibility index (Phi) is 6.58. The van der Waals surface area contributed by atoms with E-state index in [9.17, 15) is 19.7 Å². The number of nitrogens with zero attached hydrogens (tertiary/aromatic N) is 4. The van der Waals surface area contributed by atoms with E-state index in [0.717, 1.165) is 0 Å². The van der Waals surface area contributed by atoms with Crippen molar-refractivity contribution in [1.29, 1.82) is 0 Å². The third-order valence-electron chi connectivity index (χ3n) is 4.35.